The van der Waals surface area contributed by atoms with Crippen LogP contribution in [0.2, 0.25) is 0 Å². The van der Waals surface area contributed by atoms with Crippen LogP contribution in [0.5, 0.6) is 0 Å². The van der Waals surface area contributed by atoms with E-state index in [0.717, 1.165) is 5.57 Å². The molecule has 0 aromatic heterocycles. The van der Waals surface area contributed by atoms with E-state index in [1.165, 1.54) is 0 Å². The number of hydrogen-bond donors (Lipinski definition) is 3. The van der Waals surface area contributed by atoms with Crippen molar-refractivity contribution in [1.29, 1.82) is 5.41 Å². The number of rotatable bonds is 3. The summed E-state index contributed by atoms with van der Waals surface area (Å²) in [6, 6.07) is 0. The fourth-order valence-corrected chi connectivity index (χ4v) is 0.821. The van der Waals surface area contributed by atoms with E-state index in [1.807, 2.05) is 6.92 Å². The van der Waals surface area contributed by atoms with Gasteiger partial charge in [0.05, 0.1) is 0 Å². The lowest BCUT2D eigenvalue weighted by Crippen LogP contribution is -2.18. The average molecular weight is 165 g/mol. The SMILES string of the molecule is C=C(C)/C=C(N)\C(=C/C)C(=N)N. The maximum atomic E-state index is 7.19. The molecule has 0 saturated carbocycles. The van der Waals surface area contributed by atoms with Gasteiger partial charge in [0, 0.05) is 11.3 Å². The molecule has 12 heavy (non-hydrogen) atoms. The number of nitrogens with one attached hydrogen (secondary N) is 1. The highest BCUT2D eigenvalue weighted by Crippen LogP contribution is 2.05. The van der Waals surface area contributed by atoms with Gasteiger partial charge in [0.15, 0.2) is 0 Å². The Balaban J connectivity index is 4.78. The molecular weight excluding hydrogens is 150 g/mol. The van der Waals surface area contributed by atoms with Crippen molar-refractivity contribution in [2.45, 2.75) is 13.8 Å². The topological polar surface area (TPSA) is 75.9 Å². The molecule has 0 rings (SSSR count). The average Bonchev–Trinajstić information content (AvgIpc) is 1.85. The summed E-state index contributed by atoms with van der Waals surface area (Å²) in [6.45, 7) is 7.30. The molecule has 0 aromatic carbocycles. The molecule has 0 aliphatic rings. The molecule has 0 amide bonds. The molecule has 0 atom stereocenters. The molecule has 66 valence electrons. The summed E-state index contributed by atoms with van der Waals surface area (Å²) in [5.41, 5.74) is 12.8. The maximum absolute atomic E-state index is 7.19. The Kier molecular flexibility index (Phi) is 3.83. The van der Waals surface area contributed by atoms with Gasteiger partial charge in [-0.3, -0.25) is 5.41 Å². The van der Waals surface area contributed by atoms with Crippen LogP contribution in [0, 0.1) is 5.41 Å². The standard InChI is InChI=1S/C9H15N3/c1-4-7(9(11)12)8(10)5-6(2)3/h4-5H,2,10H2,1,3H3,(H3,11,12)/b7-4+,8-5+. The minimum absolute atomic E-state index is 0.0208. The summed E-state index contributed by atoms with van der Waals surface area (Å²) in [5.74, 6) is -0.0208. The van der Waals surface area contributed by atoms with Crippen LogP contribution in [0.1, 0.15) is 13.8 Å². The van der Waals surface area contributed by atoms with E-state index in [-0.39, 0.29) is 5.84 Å². The van der Waals surface area contributed by atoms with E-state index < -0.39 is 0 Å². The van der Waals surface area contributed by atoms with Crippen molar-refractivity contribution in [3.05, 3.63) is 35.6 Å². The van der Waals surface area contributed by atoms with Gasteiger partial charge in [-0.15, -0.1) is 0 Å². The minimum atomic E-state index is -0.0208. The first-order valence-corrected chi connectivity index (χ1v) is 3.62. The third-order valence-corrected chi connectivity index (χ3v) is 1.29. The second-order valence-corrected chi connectivity index (χ2v) is 2.56. The summed E-state index contributed by atoms with van der Waals surface area (Å²) in [7, 11) is 0. The van der Waals surface area contributed by atoms with Gasteiger partial charge in [-0.2, -0.15) is 0 Å². The van der Waals surface area contributed by atoms with Crippen molar-refractivity contribution >= 4 is 5.84 Å². The fourth-order valence-electron chi connectivity index (χ4n) is 0.821. The first-order chi connectivity index (χ1) is 5.49. The van der Waals surface area contributed by atoms with Crippen molar-refractivity contribution in [2.24, 2.45) is 11.5 Å². The van der Waals surface area contributed by atoms with Gasteiger partial charge in [0.25, 0.3) is 0 Å². The monoisotopic (exact) mass is 165 g/mol. The predicted octanol–water partition coefficient (Wildman–Crippen LogP) is 1.29. The Morgan fingerprint density at radius 1 is 1.42 bits per heavy atom. The van der Waals surface area contributed by atoms with Gasteiger partial charge in [0.2, 0.25) is 0 Å². The van der Waals surface area contributed by atoms with Crippen LogP contribution in [0.15, 0.2) is 35.6 Å². The molecular formula is C9H15N3. The lowest BCUT2D eigenvalue weighted by Gasteiger charge is -2.04. The zero-order valence-electron chi connectivity index (χ0n) is 7.52. The molecule has 0 unspecified atom stereocenters. The Bertz CT molecular complexity index is 259. The van der Waals surface area contributed by atoms with Gasteiger partial charge in [-0.05, 0) is 19.9 Å². The van der Waals surface area contributed by atoms with Crippen molar-refractivity contribution < 1.29 is 0 Å². The number of amidine groups is 1. The van der Waals surface area contributed by atoms with Crippen LogP contribution < -0.4 is 11.5 Å². The Labute approximate surface area is 73.0 Å². The second-order valence-electron chi connectivity index (χ2n) is 2.56. The summed E-state index contributed by atoms with van der Waals surface area (Å²) in [4.78, 5) is 0. The van der Waals surface area contributed by atoms with Gasteiger partial charge in [0.1, 0.15) is 5.84 Å². The zero-order valence-corrected chi connectivity index (χ0v) is 7.52. The summed E-state index contributed by atoms with van der Waals surface area (Å²) >= 11 is 0. The molecule has 0 spiro atoms. The first-order valence-electron chi connectivity index (χ1n) is 3.62. The highest BCUT2D eigenvalue weighted by Gasteiger charge is 2.01. The second kappa shape index (κ2) is 4.38. The number of allylic oxidation sites excluding steroid dienone is 3. The lowest BCUT2D eigenvalue weighted by atomic mass is 10.1. The van der Waals surface area contributed by atoms with E-state index in [0.29, 0.717) is 11.3 Å². The molecule has 0 aromatic rings. The summed E-state index contributed by atoms with van der Waals surface area (Å²) in [6.07, 6.45) is 3.40. The van der Waals surface area contributed by atoms with E-state index in [1.54, 1.807) is 19.1 Å². The van der Waals surface area contributed by atoms with Gasteiger partial charge < -0.3 is 11.5 Å². The molecule has 0 aliphatic carbocycles. The molecule has 0 aliphatic heterocycles. The van der Waals surface area contributed by atoms with Crippen LogP contribution in [-0.4, -0.2) is 5.84 Å². The lowest BCUT2D eigenvalue weighted by molar-refractivity contribution is 1.30. The van der Waals surface area contributed by atoms with Crippen LogP contribution in [-0.2, 0) is 0 Å². The Morgan fingerprint density at radius 2 is 1.92 bits per heavy atom. The molecule has 0 saturated heterocycles. The number of nitrogens with two attached hydrogens (primary N) is 2. The Hall–Kier alpha value is -1.51. The number of hydrogen-bond acceptors (Lipinski definition) is 2. The molecule has 5 N–H and O–H groups in total. The van der Waals surface area contributed by atoms with Crippen LogP contribution in [0.4, 0.5) is 0 Å². The molecule has 0 radical (unpaired) electrons. The van der Waals surface area contributed by atoms with Crippen molar-refractivity contribution in [3.8, 4) is 0 Å². The summed E-state index contributed by atoms with van der Waals surface area (Å²) in [5, 5.41) is 7.19. The van der Waals surface area contributed by atoms with E-state index in [2.05, 4.69) is 6.58 Å². The Morgan fingerprint density at radius 3 is 2.17 bits per heavy atom. The minimum Gasteiger partial charge on any atom is -0.398 e. The van der Waals surface area contributed by atoms with Crippen molar-refractivity contribution in [2.75, 3.05) is 0 Å². The smallest absolute Gasteiger partial charge is 0.124 e. The van der Waals surface area contributed by atoms with Crippen LogP contribution >= 0.6 is 0 Å². The van der Waals surface area contributed by atoms with Crippen molar-refractivity contribution in [3.63, 3.8) is 0 Å². The molecule has 0 heterocycles. The molecule has 3 nitrogen and oxygen atoms in total. The van der Waals surface area contributed by atoms with E-state index in [9.17, 15) is 0 Å². The third kappa shape index (κ3) is 3.05. The zero-order chi connectivity index (χ0) is 9.72. The predicted molar refractivity (Wildman–Crippen MR) is 52.8 cm³/mol. The molecule has 0 bridgehead atoms. The highest BCUT2D eigenvalue weighted by molar-refractivity contribution is 5.98. The van der Waals surface area contributed by atoms with E-state index >= 15 is 0 Å². The van der Waals surface area contributed by atoms with Gasteiger partial charge in [-0.25, -0.2) is 0 Å². The largest absolute Gasteiger partial charge is 0.398 e. The quantitative estimate of drug-likeness (QED) is 0.335. The van der Waals surface area contributed by atoms with Crippen molar-refractivity contribution in [1.82, 2.24) is 0 Å². The fraction of sp³-hybridized carbons (Fsp3) is 0.222. The normalized spacial score (nSPS) is 12.8. The first kappa shape index (κ1) is 10.5. The van der Waals surface area contributed by atoms with Crippen LogP contribution in [0.25, 0.3) is 0 Å². The van der Waals surface area contributed by atoms with Crippen LogP contribution in [0.3, 0.4) is 0 Å². The molecule has 3 heteroatoms. The highest BCUT2D eigenvalue weighted by atomic mass is 14.7. The van der Waals surface area contributed by atoms with Gasteiger partial charge >= 0.3 is 0 Å². The maximum Gasteiger partial charge on any atom is 0.124 e. The molecule has 0 fully saturated rings. The van der Waals surface area contributed by atoms with E-state index in [4.69, 9.17) is 16.9 Å². The van der Waals surface area contributed by atoms with Gasteiger partial charge in [-0.1, -0.05) is 18.2 Å². The third-order valence-electron chi connectivity index (χ3n) is 1.29. The summed E-state index contributed by atoms with van der Waals surface area (Å²) < 4.78 is 0.